The molecule has 0 amide bonds. The van der Waals surface area contributed by atoms with Crippen LogP contribution in [0.5, 0.6) is 0 Å². The third-order valence-electron chi connectivity index (χ3n) is 10.5. The molecule has 129 heavy (non-hydrogen) atoms. The van der Waals surface area contributed by atoms with Gasteiger partial charge < -0.3 is 152 Å². The van der Waals surface area contributed by atoms with Crippen molar-refractivity contribution in [1.82, 2.24) is 0 Å². The highest BCUT2D eigenvalue weighted by Gasteiger charge is 2.27. The number of aliphatic hydroxyl groups excluding tert-OH is 5. The average Bonchev–Trinajstić information content (AvgIpc) is 0.926. The predicted molar refractivity (Wildman–Crippen MR) is 458 cm³/mol. The summed E-state index contributed by atoms with van der Waals surface area (Å²) in [6, 6.07) is 0. The molecule has 0 aromatic carbocycles. The molecule has 51 heteroatoms. The van der Waals surface area contributed by atoms with Gasteiger partial charge in [-0.15, -0.1) is 0 Å². The summed E-state index contributed by atoms with van der Waals surface area (Å²) in [6.07, 6.45) is -6.73. The number of hydrogen-bond acceptors (Lipinski definition) is 41. The van der Waals surface area contributed by atoms with Crippen LogP contribution in [0.1, 0.15) is 205 Å². The molecule has 0 radical (unpaired) electrons. The Morgan fingerprint density at radius 3 is 0.659 bits per heavy atom. The first kappa shape index (κ1) is 153. The number of carbonyl (C=O) groups is 21. The quantitative estimate of drug-likeness (QED) is 0.00895. The second kappa shape index (κ2) is 114. The maximum atomic E-state index is 11.5. The number of esters is 9. The molecule has 0 saturated carbocycles. The van der Waals surface area contributed by atoms with E-state index in [4.69, 9.17) is 128 Å². The fourth-order valence-electron chi connectivity index (χ4n) is 4.96. The van der Waals surface area contributed by atoms with Crippen LogP contribution in [0, 0.1) is 35.5 Å². The van der Waals surface area contributed by atoms with Gasteiger partial charge in [0.15, 0.2) is 12.2 Å². The van der Waals surface area contributed by atoms with Crippen LogP contribution in [0.25, 0.3) is 0 Å². The highest BCUT2D eigenvalue weighted by molar-refractivity contribution is 9.09. The molecule has 0 aliphatic rings. The van der Waals surface area contributed by atoms with Gasteiger partial charge >= 0.3 is 95.4 Å². The molecule has 8 unspecified atom stereocenters. The van der Waals surface area contributed by atoms with E-state index in [-0.39, 0.29) is 108 Å². The van der Waals surface area contributed by atoms with Gasteiger partial charge in [-0.25, -0.2) is 43.2 Å². The minimum Gasteiger partial charge on any atom is -0.481 e. The molecule has 0 rings (SSSR count). The number of Topliss-reactive ketones (excluding diaryl/α,β-unsaturated/α-hetero) is 4. The van der Waals surface area contributed by atoms with Crippen LogP contribution in [-0.4, -0.2) is 322 Å². The third-order valence-corrected chi connectivity index (χ3v) is 11.5. The number of hydrogen-bond donors (Lipinski definition) is 12. The number of aliphatic carboxylic acids is 1. The van der Waals surface area contributed by atoms with Crippen molar-refractivity contribution in [3.8, 4) is 0 Å². The van der Waals surface area contributed by atoms with Gasteiger partial charge in [0.2, 0.25) is 0 Å². The number of rotatable bonds is 39. The first-order valence-corrected chi connectivity index (χ1v) is 40.8. The van der Waals surface area contributed by atoms with Crippen molar-refractivity contribution in [2.45, 2.75) is 223 Å². The fraction of sp³-hybridized carbons (Fsp3) is 0.731. The van der Waals surface area contributed by atoms with Crippen LogP contribution in [0.4, 0.5) is 33.6 Å². The van der Waals surface area contributed by atoms with E-state index < -0.39 is 170 Å². The van der Waals surface area contributed by atoms with E-state index >= 15 is 0 Å². The smallest absolute Gasteiger partial charge is 0.481 e. The second-order valence-corrected chi connectivity index (χ2v) is 25.7. The standard InChI is InChI=1S/C15H26O7.C13H22O9.C13H22O7.C7H14O3.C6H11BrO2.C6H12O4.4C3H6O.C2H4O2.CCl2O.3CH2O3/c1-5-7-9-19-13(16)11(3)21-15(18)22-12(4)14(17)20-10-8-6-2;1-3-19-11(16)9(5-14)7-21-13(18)22-8-10(6-15)12(17)20-4-2;1-5-17-11(14)9(3)7-19-13(16)20-8-10(4)12(15)18-6-2;1-3-4-5-10-7(9)6(2)8;1-3-9-6(8)5(2)4-7;1-2-10-6(9)5(3-7)4-8;4*1-3(2)4;1-2(3)4;4*2-1(3)4/h11-12H,5-10H2,1-4H3;9-10,14-15H,3-8H2,1-2H3;9-10H,5-8H2,1-4H3;6,8H,3-5H2,1-2H3;5H,3-4H2,1-2H3;5,7-8H,2-4H2,1H3;4*1-2H3;1H3,(H,3,4);;3*(H2,2,3,4). The largest absolute Gasteiger partial charge is 0.509 e. The van der Waals surface area contributed by atoms with Gasteiger partial charge in [-0.2, -0.15) is 0 Å². The number of ketones is 4. The fourth-order valence-corrected chi connectivity index (χ4v) is 5.22. The van der Waals surface area contributed by atoms with Crippen LogP contribution in [0.3, 0.4) is 0 Å². The molecule has 0 aromatic rings. The monoisotopic (exact) mass is 1990 g/mol. The zero-order valence-corrected chi connectivity index (χ0v) is 81.0. The zero-order chi connectivity index (χ0) is 105. The summed E-state index contributed by atoms with van der Waals surface area (Å²) in [6.45, 7) is 38.0. The first-order chi connectivity index (χ1) is 59.6. The molecule has 0 aliphatic heterocycles. The zero-order valence-electron chi connectivity index (χ0n) is 77.9. The van der Waals surface area contributed by atoms with E-state index in [0.717, 1.165) is 45.4 Å². The van der Waals surface area contributed by atoms with Crippen LogP contribution < -0.4 is 0 Å². The Kier molecular flexibility index (Phi) is 135. The van der Waals surface area contributed by atoms with Crippen LogP contribution in [0.2, 0.25) is 0 Å². The van der Waals surface area contributed by atoms with E-state index in [2.05, 4.69) is 67.6 Å². The highest BCUT2D eigenvalue weighted by Crippen LogP contribution is 2.09. The van der Waals surface area contributed by atoms with Crippen LogP contribution in [-0.2, 0) is 138 Å². The Labute approximate surface area is 769 Å². The number of alkyl halides is 1. The molecule has 0 heterocycles. The molecule has 0 aromatic heterocycles. The van der Waals surface area contributed by atoms with Crippen LogP contribution >= 0.6 is 39.1 Å². The summed E-state index contributed by atoms with van der Waals surface area (Å²) in [4.78, 5) is 216. The van der Waals surface area contributed by atoms with E-state index in [1.165, 1.54) is 76.2 Å². The maximum Gasteiger partial charge on any atom is 0.509 e. The molecular weight excluding hydrogens is 1860 g/mol. The van der Waals surface area contributed by atoms with Crippen molar-refractivity contribution in [3.05, 3.63) is 0 Å². The first-order valence-electron chi connectivity index (χ1n) is 38.9. The SMILES string of the molecule is CC(=O)O.CC(C)=O.CC(C)=O.CC(C)=O.CC(C)=O.CCCCOC(=O)C(C)O.CCCCOC(=O)C(C)OC(=O)OC(C)C(=O)OCCCC.CCOC(=O)C(C)CBr.CCOC(=O)C(C)COC(=O)OCC(C)C(=O)OCC.CCOC(=O)C(CO)CO.CCOC(=O)C(CO)COC(=O)OCC(CO)C(=O)OCC.O=C(Cl)Cl.O=C(O)O.O=C(O)O.O=C(O)O. The topological polar surface area (TPSA) is 740 Å². The lowest BCUT2D eigenvalue weighted by atomic mass is 10.2. The van der Waals surface area contributed by atoms with Crippen molar-refractivity contribution in [1.29, 1.82) is 0 Å². The number of carboxylic acid groups (broad SMARTS) is 7. The third kappa shape index (κ3) is 168. The van der Waals surface area contributed by atoms with Crippen molar-refractivity contribution >= 4 is 164 Å². The van der Waals surface area contributed by atoms with Gasteiger partial charge in [-0.05, 0) is 174 Å². The predicted octanol–water partition coefficient (Wildman–Crippen LogP) is 9.79. The normalized spacial score (nSPS) is 10.8. The molecular formula is C78H141BrCl2O48. The number of halogens is 3. The molecule has 0 aliphatic carbocycles. The Morgan fingerprint density at radius 2 is 0.473 bits per heavy atom. The average molecular weight is 2000 g/mol. The minimum atomic E-state index is -1.83. The Morgan fingerprint density at radius 1 is 0.287 bits per heavy atom. The Balaban J connectivity index is -0.0000000878. The van der Waals surface area contributed by atoms with E-state index in [9.17, 15) is 76.7 Å². The van der Waals surface area contributed by atoms with Gasteiger partial charge in [0.05, 0.1) is 104 Å². The van der Waals surface area contributed by atoms with Crippen molar-refractivity contribution in [3.63, 3.8) is 0 Å². The summed E-state index contributed by atoms with van der Waals surface area (Å²) in [7, 11) is 0. The lowest BCUT2D eigenvalue weighted by Gasteiger charge is -2.15. The van der Waals surface area contributed by atoms with Crippen molar-refractivity contribution in [2.24, 2.45) is 35.5 Å². The minimum absolute atomic E-state index is 0.0232. The molecule has 0 fully saturated rings. The molecule has 48 nitrogen and oxygen atoms in total. The number of ether oxygens (including phenoxy) is 15. The highest BCUT2D eigenvalue weighted by atomic mass is 79.9. The summed E-state index contributed by atoms with van der Waals surface area (Å²) in [5.74, 6) is -8.91. The molecule has 0 bridgehead atoms. The van der Waals surface area contributed by atoms with E-state index in [0.29, 0.717) is 18.5 Å². The lowest BCUT2D eigenvalue weighted by molar-refractivity contribution is -0.158. The number of aliphatic hydroxyl groups is 5. The Bertz CT molecular complexity index is 2670. The van der Waals surface area contributed by atoms with Gasteiger partial charge in [0, 0.05) is 12.3 Å². The molecule has 762 valence electrons. The molecule has 8 atom stereocenters. The summed E-state index contributed by atoms with van der Waals surface area (Å²) < 4.78 is 70.0. The number of carboxylic acids is 1. The van der Waals surface area contributed by atoms with E-state index in [1.807, 2.05) is 27.7 Å². The molecule has 0 saturated heterocycles. The van der Waals surface area contributed by atoms with Gasteiger partial charge in [-0.1, -0.05) is 62.9 Å². The van der Waals surface area contributed by atoms with E-state index in [1.54, 1.807) is 55.4 Å². The van der Waals surface area contributed by atoms with Crippen molar-refractivity contribution in [2.75, 3.05) is 118 Å². The Hall–Kier alpha value is -10.5. The molecule has 12 N–H and O–H groups in total. The maximum absolute atomic E-state index is 11.5. The second-order valence-electron chi connectivity index (χ2n) is 24.2. The summed E-state index contributed by atoms with van der Waals surface area (Å²) in [5.41, 5.74) is 0. The van der Waals surface area contributed by atoms with Gasteiger partial charge in [0.25, 0.3) is 5.97 Å². The van der Waals surface area contributed by atoms with Crippen molar-refractivity contribution < 1.29 is 233 Å². The van der Waals surface area contributed by atoms with Crippen LogP contribution in [0.15, 0.2) is 0 Å². The lowest BCUT2D eigenvalue weighted by Crippen LogP contribution is -2.31. The summed E-state index contributed by atoms with van der Waals surface area (Å²) in [5, 5.41) is 93.5. The number of carbonyl (C=O) groups excluding carboxylic acids is 17. The van der Waals surface area contributed by atoms with Gasteiger partial charge in [0.1, 0.15) is 73.4 Å². The summed E-state index contributed by atoms with van der Waals surface area (Å²) >= 11 is 12.0. The molecule has 0 spiro atoms. The number of unbranched alkanes of at least 4 members (excludes halogenated alkanes) is 3. The van der Waals surface area contributed by atoms with Gasteiger partial charge in [-0.3, -0.25) is 38.4 Å².